The van der Waals surface area contributed by atoms with Gasteiger partial charge in [0.1, 0.15) is 34.5 Å². The molecule has 3 aliphatic rings. The standard InChI is InChI=1S/C36H40BrN9O4/c1-20(47)31-24-12-25(23-15-38-21(2)39-16-23)40-17-27(24)45(44-31)18-30(48)46-26-13-36(14-28(36)46)19-41-34(50)35(3,4)11-7-5-6-8-22-9-10-29(37)42-32(22)43-33(26)49/h9-10,12,15-17,26,28H,5-8,11,13-14,18-19H2,1-4H3,(H,41,50)(H,42,43,49)/t26-,28?,36-/m0/s1. The third kappa shape index (κ3) is 6.40. The van der Waals surface area contributed by atoms with Crippen LogP contribution < -0.4 is 10.6 Å². The van der Waals surface area contributed by atoms with E-state index in [4.69, 9.17) is 0 Å². The first kappa shape index (κ1) is 33.9. The number of aryl methyl sites for hydroxylation is 2. The molecule has 2 N–H and O–H groups in total. The van der Waals surface area contributed by atoms with E-state index in [0.29, 0.717) is 57.8 Å². The van der Waals surface area contributed by atoms with Crippen LogP contribution in [0.4, 0.5) is 5.82 Å². The van der Waals surface area contributed by atoms with Crippen molar-refractivity contribution in [2.24, 2.45) is 10.8 Å². The largest absolute Gasteiger partial charge is 0.355 e. The molecule has 4 aromatic heterocycles. The first-order chi connectivity index (χ1) is 23.8. The zero-order valence-electron chi connectivity index (χ0n) is 28.6. The van der Waals surface area contributed by atoms with Crippen LogP contribution in [0.2, 0.25) is 0 Å². The molecular formula is C36H40BrN9O4. The Labute approximate surface area is 298 Å². The van der Waals surface area contributed by atoms with Crippen molar-refractivity contribution in [1.82, 2.24) is 39.9 Å². The molecule has 1 aliphatic carbocycles. The molecule has 2 aliphatic heterocycles. The summed E-state index contributed by atoms with van der Waals surface area (Å²) in [6, 6.07) is 4.57. The minimum absolute atomic E-state index is 0.0152. The highest BCUT2D eigenvalue weighted by atomic mass is 79.9. The summed E-state index contributed by atoms with van der Waals surface area (Å²) in [5, 5.41) is 11.3. The maximum Gasteiger partial charge on any atom is 0.248 e. The summed E-state index contributed by atoms with van der Waals surface area (Å²) in [5.41, 5.74) is 1.96. The molecule has 1 saturated heterocycles. The van der Waals surface area contributed by atoms with Gasteiger partial charge < -0.3 is 15.5 Å². The van der Waals surface area contributed by atoms with Gasteiger partial charge in [0.05, 0.1) is 17.4 Å². The highest BCUT2D eigenvalue weighted by Crippen LogP contribution is 2.59. The second-order valence-electron chi connectivity index (χ2n) is 14.5. The number of fused-ring (bicyclic) bond motifs is 3. The Bertz CT molecular complexity index is 2030. The van der Waals surface area contributed by atoms with Crippen LogP contribution in [0.15, 0.2) is 41.4 Å². The van der Waals surface area contributed by atoms with Crippen LogP contribution >= 0.6 is 15.9 Å². The second-order valence-corrected chi connectivity index (χ2v) is 15.3. The lowest BCUT2D eigenvalue weighted by molar-refractivity contribution is -0.138. The fourth-order valence-corrected chi connectivity index (χ4v) is 7.77. The fraction of sp³-hybridized carbons (Fsp3) is 0.472. The molecule has 1 saturated carbocycles. The summed E-state index contributed by atoms with van der Waals surface area (Å²) in [4.78, 5) is 73.9. The van der Waals surface area contributed by atoms with E-state index in [2.05, 4.69) is 51.6 Å². The van der Waals surface area contributed by atoms with Crippen LogP contribution in [-0.2, 0) is 27.3 Å². The number of Topliss-reactive ketones (excluding diaryl/α,β-unsaturated/α-hetero) is 1. The van der Waals surface area contributed by atoms with Crippen LogP contribution in [0.1, 0.15) is 81.2 Å². The van der Waals surface area contributed by atoms with Crippen molar-refractivity contribution in [3.63, 3.8) is 0 Å². The van der Waals surface area contributed by atoms with Gasteiger partial charge in [0, 0.05) is 53.7 Å². The average molecular weight is 743 g/mol. The lowest BCUT2D eigenvalue weighted by Crippen LogP contribution is -2.47. The van der Waals surface area contributed by atoms with Gasteiger partial charge in [-0.25, -0.2) is 15.0 Å². The normalized spacial score (nSPS) is 23.5. The van der Waals surface area contributed by atoms with Gasteiger partial charge in [-0.3, -0.25) is 28.8 Å². The van der Waals surface area contributed by atoms with Crippen LogP contribution in [0.25, 0.3) is 22.2 Å². The number of anilines is 1. The Morgan fingerprint density at radius 1 is 1.04 bits per heavy atom. The van der Waals surface area contributed by atoms with E-state index in [0.717, 1.165) is 37.7 Å². The van der Waals surface area contributed by atoms with Crippen molar-refractivity contribution < 1.29 is 19.2 Å². The maximum atomic E-state index is 14.3. The summed E-state index contributed by atoms with van der Waals surface area (Å²) in [5.74, 6) is 0.214. The van der Waals surface area contributed by atoms with E-state index >= 15 is 0 Å². The molecule has 0 aromatic carbocycles. The first-order valence-electron chi connectivity index (χ1n) is 17.1. The Kier molecular flexibility index (Phi) is 8.77. The fourth-order valence-electron chi connectivity index (χ4n) is 7.46. The van der Waals surface area contributed by atoms with Crippen LogP contribution in [0, 0.1) is 17.8 Å². The molecule has 3 atom stereocenters. The molecule has 4 aromatic rings. The van der Waals surface area contributed by atoms with E-state index in [1.165, 1.54) is 11.6 Å². The van der Waals surface area contributed by atoms with Crippen molar-refractivity contribution in [1.29, 1.82) is 0 Å². The van der Waals surface area contributed by atoms with Crippen molar-refractivity contribution in [3.8, 4) is 11.3 Å². The van der Waals surface area contributed by atoms with Crippen molar-refractivity contribution >= 4 is 56.2 Å². The van der Waals surface area contributed by atoms with E-state index in [-0.39, 0.29) is 41.8 Å². The summed E-state index contributed by atoms with van der Waals surface area (Å²) in [6.07, 6.45) is 10.2. The number of likely N-dealkylation sites (tertiary alicyclic amines) is 1. The minimum atomic E-state index is -0.784. The molecule has 260 valence electrons. The average Bonchev–Trinajstić information content (AvgIpc) is 3.50. The molecule has 2 bridgehead atoms. The zero-order chi connectivity index (χ0) is 35.4. The number of carbonyl (C=O) groups excluding carboxylic acids is 4. The number of carbonyl (C=O) groups is 4. The van der Waals surface area contributed by atoms with E-state index in [9.17, 15) is 19.2 Å². The number of halogens is 1. The number of nitrogens with one attached hydrogen (secondary N) is 2. The number of hydrogen-bond donors (Lipinski definition) is 2. The molecule has 3 amide bonds. The van der Waals surface area contributed by atoms with Crippen molar-refractivity contribution in [2.75, 3.05) is 11.9 Å². The Morgan fingerprint density at radius 3 is 2.58 bits per heavy atom. The molecule has 7 rings (SSSR count). The van der Waals surface area contributed by atoms with Crippen LogP contribution in [0.5, 0.6) is 0 Å². The van der Waals surface area contributed by atoms with Gasteiger partial charge >= 0.3 is 0 Å². The molecule has 2 fully saturated rings. The Balaban J connectivity index is 1.21. The summed E-state index contributed by atoms with van der Waals surface area (Å²) in [6.45, 7) is 7.35. The molecule has 50 heavy (non-hydrogen) atoms. The van der Waals surface area contributed by atoms with E-state index < -0.39 is 16.9 Å². The van der Waals surface area contributed by atoms with Gasteiger partial charge in [0.15, 0.2) is 5.78 Å². The lowest BCUT2D eigenvalue weighted by atomic mass is 9.85. The molecule has 0 radical (unpaired) electrons. The lowest BCUT2D eigenvalue weighted by Gasteiger charge is -2.27. The number of ketones is 1. The Hall–Kier alpha value is -4.59. The highest BCUT2D eigenvalue weighted by Gasteiger charge is 2.67. The van der Waals surface area contributed by atoms with E-state index in [1.54, 1.807) is 36.5 Å². The van der Waals surface area contributed by atoms with Crippen molar-refractivity contribution in [3.05, 3.63) is 58.5 Å². The smallest absolute Gasteiger partial charge is 0.248 e. The third-order valence-electron chi connectivity index (χ3n) is 10.5. The minimum Gasteiger partial charge on any atom is -0.355 e. The maximum absolute atomic E-state index is 14.3. The van der Waals surface area contributed by atoms with Gasteiger partial charge in [0.2, 0.25) is 17.7 Å². The molecular weight excluding hydrogens is 702 g/mol. The SMILES string of the molecule is CC(=O)c1nn(CC(=O)N2C3C[C@@]34CNC(=O)C(C)(C)CCCCCc3ccc(Br)nc3NC(=O)[C@@H]2C4)c2cnc(-c3cnc(C)nc3)cc12. The molecule has 6 heterocycles. The van der Waals surface area contributed by atoms with Crippen molar-refractivity contribution in [2.45, 2.75) is 91.3 Å². The number of pyridine rings is 2. The number of nitrogens with zero attached hydrogens (tertiary/aromatic N) is 7. The number of hydrogen-bond acceptors (Lipinski definition) is 9. The quantitative estimate of drug-likeness (QED) is 0.221. The molecule has 1 unspecified atom stereocenters. The van der Waals surface area contributed by atoms with Gasteiger partial charge in [-0.05, 0) is 72.7 Å². The van der Waals surface area contributed by atoms with Gasteiger partial charge in [-0.1, -0.05) is 32.8 Å². The van der Waals surface area contributed by atoms with E-state index in [1.807, 2.05) is 26.0 Å². The Morgan fingerprint density at radius 2 is 1.82 bits per heavy atom. The van der Waals surface area contributed by atoms with Crippen LogP contribution in [-0.4, -0.2) is 76.7 Å². The topological polar surface area (TPSA) is 165 Å². The number of amides is 3. The van der Waals surface area contributed by atoms with Gasteiger partial charge in [0.25, 0.3) is 0 Å². The van der Waals surface area contributed by atoms with Crippen LogP contribution in [0.3, 0.4) is 0 Å². The summed E-state index contributed by atoms with van der Waals surface area (Å²) >= 11 is 3.45. The number of aromatic nitrogens is 6. The van der Waals surface area contributed by atoms with Gasteiger partial charge in [-0.15, -0.1) is 0 Å². The molecule has 14 heteroatoms. The number of rotatable bonds is 4. The monoisotopic (exact) mass is 741 g/mol. The predicted octanol–water partition coefficient (Wildman–Crippen LogP) is 4.81. The summed E-state index contributed by atoms with van der Waals surface area (Å²) < 4.78 is 2.09. The first-order valence-corrected chi connectivity index (χ1v) is 17.9. The number of piperidine rings is 1. The zero-order valence-corrected chi connectivity index (χ0v) is 30.2. The molecule has 1 spiro atoms. The van der Waals surface area contributed by atoms with Gasteiger partial charge in [-0.2, -0.15) is 5.10 Å². The second kappa shape index (κ2) is 12.9. The summed E-state index contributed by atoms with van der Waals surface area (Å²) in [7, 11) is 0. The third-order valence-corrected chi connectivity index (χ3v) is 10.9. The molecule has 13 nitrogen and oxygen atoms in total. The highest BCUT2D eigenvalue weighted by molar-refractivity contribution is 9.10. The predicted molar refractivity (Wildman–Crippen MR) is 189 cm³/mol.